The normalized spacial score (nSPS) is 23.8. The second-order valence-corrected chi connectivity index (χ2v) is 5.05. The van der Waals surface area contributed by atoms with E-state index in [1.54, 1.807) is 0 Å². The molecule has 96 valence electrons. The van der Waals surface area contributed by atoms with Crippen LogP contribution in [0.2, 0.25) is 5.02 Å². The topological polar surface area (TPSA) is 53.1 Å². The average molecular weight is 258 g/mol. The Morgan fingerprint density at radius 1 is 1.53 bits per heavy atom. The SMILES string of the molecule is CCn1nc(C)c(Cl)c1COC1CC(CN)C1. The van der Waals surface area contributed by atoms with Crippen LogP contribution in [0.15, 0.2) is 0 Å². The van der Waals surface area contributed by atoms with Gasteiger partial charge in [-0.3, -0.25) is 4.68 Å². The quantitative estimate of drug-likeness (QED) is 0.879. The largest absolute Gasteiger partial charge is 0.372 e. The molecule has 0 aromatic carbocycles. The average Bonchev–Trinajstić information content (AvgIpc) is 2.54. The lowest BCUT2D eigenvalue weighted by atomic mass is 9.82. The molecule has 1 saturated carbocycles. The highest BCUT2D eigenvalue weighted by Gasteiger charge is 2.29. The summed E-state index contributed by atoms with van der Waals surface area (Å²) in [5.74, 6) is 0.647. The molecule has 0 bridgehead atoms. The first kappa shape index (κ1) is 12.9. The van der Waals surface area contributed by atoms with Gasteiger partial charge in [0.25, 0.3) is 0 Å². The van der Waals surface area contributed by atoms with Crippen molar-refractivity contribution in [3.8, 4) is 0 Å². The zero-order valence-corrected chi connectivity index (χ0v) is 11.2. The minimum absolute atomic E-state index is 0.347. The molecule has 2 N–H and O–H groups in total. The van der Waals surface area contributed by atoms with Crippen LogP contribution in [0.5, 0.6) is 0 Å². The van der Waals surface area contributed by atoms with Crippen LogP contribution in [-0.4, -0.2) is 22.4 Å². The van der Waals surface area contributed by atoms with Gasteiger partial charge in [0.05, 0.1) is 29.1 Å². The molecule has 0 unspecified atom stereocenters. The minimum atomic E-state index is 0.347. The predicted octanol–water partition coefficient (Wildman–Crippen LogP) is 2.12. The summed E-state index contributed by atoms with van der Waals surface area (Å²) in [6, 6.07) is 0. The van der Waals surface area contributed by atoms with E-state index in [0.717, 1.165) is 42.3 Å². The standard InChI is InChI=1S/C12H20ClN3O/c1-3-16-11(12(13)8(2)15-16)7-17-10-4-9(5-10)6-14/h9-10H,3-7,14H2,1-2H3. The monoisotopic (exact) mass is 257 g/mol. The molecule has 1 heterocycles. The first-order valence-electron chi connectivity index (χ1n) is 6.19. The first-order chi connectivity index (χ1) is 8.15. The number of rotatable bonds is 5. The summed E-state index contributed by atoms with van der Waals surface area (Å²) in [6.07, 6.45) is 2.50. The van der Waals surface area contributed by atoms with Gasteiger partial charge in [0.15, 0.2) is 0 Å². The van der Waals surface area contributed by atoms with Gasteiger partial charge in [-0.15, -0.1) is 0 Å². The van der Waals surface area contributed by atoms with Crippen LogP contribution in [0.4, 0.5) is 0 Å². The van der Waals surface area contributed by atoms with Crippen LogP contribution < -0.4 is 5.73 Å². The van der Waals surface area contributed by atoms with Crippen molar-refractivity contribution in [2.75, 3.05) is 6.54 Å². The molecular formula is C12H20ClN3O. The molecule has 0 radical (unpaired) electrons. The number of hydrogen-bond donors (Lipinski definition) is 1. The van der Waals surface area contributed by atoms with Crippen LogP contribution in [0.3, 0.4) is 0 Å². The molecular weight excluding hydrogens is 238 g/mol. The summed E-state index contributed by atoms with van der Waals surface area (Å²) in [4.78, 5) is 0. The van der Waals surface area contributed by atoms with E-state index >= 15 is 0 Å². The Hall–Kier alpha value is -0.580. The summed E-state index contributed by atoms with van der Waals surface area (Å²) in [7, 11) is 0. The van der Waals surface area contributed by atoms with Crippen molar-refractivity contribution in [2.45, 2.75) is 45.9 Å². The van der Waals surface area contributed by atoms with Gasteiger partial charge in [0, 0.05) is 6.54 Å². The summed E-state index contributed by atoms with van der Waals surface area (Å²) in [6.45, 7) is 6.12. The fourth-order valence-corrected chi connectivity index (χ4v) is 2.40. The van der Waals surface area contributed by atoms with E-state index in [-0.39, 0.29) is 0 Å². The van der Waals surface area contributed by atoms with Gasteiger partial charge >= 0.3 is 0 Å². The molecule has 4 nitrogen and oxygen atoms in total. The van der Waals surface area contributed by atoms with E-state index in [0.29, 0.717) is 18.6 Å². The maximum atomic E-state index is 6.21. The molecule has 0 atom stereocenters. The summed E-state index contributed by atoms with van der Waals surface area (Å²) >= 11 is 6.21. The lowest BCUT2D eigenvalue weighted by Crippen LogP contribution is -2.35. The number of hydrogen-bond acceptors (Lipinski definition) is 3. The van der Waals surface area contributed by atoms with E-state index in [9.17, 15) is 0 Å². The number of aryl methyl sites for hydroxylation is 2. The van der Waals surface area contributed by atoms with E-state index < -0.39 is 0 Å². The third-order valence-corrected chi connectivity index (χ3v) is 3.93. The third-order valence-electron chi connectivity index (χ3n) is 3.43. The van der Waals surface area contributed by atoms with Crippen molar-refractivity contribution in [1.82, 2.24) is 9.78 Å². The van der Waals surface area contributed by atoms with Gasteiger partial charge in [-0.25, -0.2) is 0 Å². The summed E-state index contributed by atoms with van der Waals surface area (Å²) < 4.78 is 7.75. The first-order valence-corrected chi connectivity index (χ1v) is 6.56. The number of nitrogens with zero attached hydrogens (tertiary/aromatic N) is 2. The molecule has 0 aliphatic heterocycles. The molecule has 1 aliphatic rings. The summed E-state index contributed by atoms with van der Waals surface area (Å²) in [5.41, 5.74) is 7.45. The van der Waals surface area contributed by atoms with Crippen LogP contribution in [0, 0.1) is 12.8 Å². The number of halogens is 1. The van der Waals surface area contributed by atoms with Crippen LogP contribution in [0.25, 0.3) is 0 Å². The maximum Gasteiger partial charge on any atom is 0.0903 e. The molecule has 1 aliphatic carbocycles. The Morgan fingerprint density at radius 3 is 2.82 bits per heavy atom. The highest BCUT2D eigenvalue weighted by atomic mass is 35.5. The van der Waals surface area contributed by atoms with E-state index in [2.05, 4.69) is 12.0 Å². The van der Waals surface area contributed by atoms with Gasteiger partial charge < -0.3 is 10.5 Å². The Labute approximate surface area is 107 Å². The molecule has 0 amide bonds. The Balaban J connectivity index is 1.91. The molecule has 1 fully saturated rings. The second kappa shape index (κ2) is 5.38. The van der Waals surface area contributed by atoms with Crippen LogP contribution in [-0.2, 0) is 17.9 Å². The van der Waals surface area contributed by atoms with Crippen molar-refractivity contribution < 1.29 is 4.74 Å². The second-order valence-electron chi connectivity index (χ2n) is 4.67. The van der Waals surface area contributed by atoms with Crippen LogP contribution >= 0.6 is 11.6 Å². The number of nitrogens with two attached hydrogens (primary N) is 1. The van der Waals surface area contributed by atoms with E-state index in [1.807, 2.05) is 11.6 Å². The zero-order valence-electron chi connectivity index (χ0n) is 10.4. The van der Waals surface area contributed by atoms with Gasteiger partial charge in [-0.05, 0) is 39.2 Å². The lowest BCUT2D eigenvalue weighted by Gasteiger charge is -2.34. The highest BCUT2D eigenvalue weighted by molar-refractivity contribution is 6.31. The van der Waals surface area contributed by atoms with Gasteiger partial charge in [-0.2, -0.15) is 5.10 Å². The number of ether oxygens (including phenoxy) is 1. The maximum absolute atomic E-state index is 6.21. The fraction of sp³-hybridized carbons (Fsp3) is 0.750. The summed E-state index contributed by atoms with van der Waals surface area (Å²) in [5, 5.41) is 5.10. The third kappa shape index (κ3) is 2.64. The molecule has 5 heteroatoms. The molecule has 0 saturated heterocycles. The predicted molar refractivity (Wildman–Crippen MR) is 68.0 cm³/mol. The van der Waals surface area contributed by atoms with Crippen molar-refractivity contribution in [1.29, 1.82) is 0 Å². The fourth-order valence-electron chi connectivity index (χ4n) is 2.21. The zero-order chi connectivity index (χ0) is 12.4. The molecule has 0 spiro atoms. The Bertz CT molecular complexity index is 385. The van der Waals surface area contributed by atoms with Crippen molar-refractivity contribution in [3.05, 3.63) is 16.4 Å². The lowest BCUT2D eigenvalue weighted by molar-refractivity contribution is -0.0398. The van der Waals surface area contributed by atoms with Crippen molar-refractivity contribution in [3.63, 3.8) is 0 Å². The molecule has 1 aromatic heterocycles. The van der Waals surface area contributed by atoms with Gasteiger partial charge in [0.1, 0.15) is 0 Å². The number of aromatic nitrogens is 2. The smallest absolute Gasteiger partial charge is 0.0903 e. The van der Waals surface area contributed by atoms with E-state index in [1.165, 1.54) is 0 Å². The Morgan fingerprint density at radius 2 is 2.24 bits per heavy atom. The van der Waals surface area contributed by atoms with Crippen molar-refractivity contribution >= 4 is 11.6 Å². The van der Waals surface area contributed by atoms with Gasteiger partial charge in [-0.1, -0.05) is 11.6 Å². The molecule has 17 heavy (non-hydrogen) atoms. The molecule has 2 rings (SSSR count). The van der Waals surface area contributed by atoms with Gasteiger partial charge in [0.2, 0.25) is 0 Å². The minimum Gasteiger partial charge on any atom is -0.372 e. The van der Waals surface area contributed by atoms with Crippen molar-refractivity contribution in [2.24, 2.45) is 11.7 Å². The Kier molecular flexibility index (Phi) is 4.07. The van der Waals surface area contributed by atoms with Crippen LogP contribution in [0.1, 0.15) is 31.2 Å². The van der Waals surface area contributed by atoms with E-state index in [4.69, 9.17) is 22.1 Å². The highest BCUT2D eigenvalue weighted by Crippen LogP contribution is 2.30. The molecule has 1 aromatic rings.